The van der Waals surface area contributed by atoms with Gasteiger partial charge in [0, 0.05) is 5.39 Å². The summed E-state index contributed by atoms with van der Waals surface area (Å²) < 4.78 is 28.0. The summed E-state index contributed by atoms with van der Waals surface area (Å²) in [7, 11) is 1.24. The Kier molecular flexibility index (Phi) is 4.37. The second kappa shape index (κ2) is 6.21. The topological polar surface area (TPSA) is 61.8 Å². The second-order valence-corrected chi connectivity index (χ2v) is 4.09. The summed E-state index contributed by atoms with van der Waals surface area (Å²) >= 11 is 0. The van der Waals surface area contributed by atoms with Crippen molar-refractivity contribution in [1.82, 2.24) is 0 Å². The van der Waals surface area contributed by atoms with Gasteiger partial charge in [-0.05, 0) is 30.5 Å². The van der Waals surface area contributed by atoms with Gasteiger partial charge in [-0.3, -0.25) is 0 Å². The van der Waals surface area contributed by atoms with Gasteiger partial charge in [-0.25, -0.2) is 14.0 Å². The number of hydrogen-bond donors (Lipinski definition) is 0. The molecule has 0 fully saturated rings. The number of benzene rings is 2. The van der Waals surface area contributed by atoms with Crippen molar-refractivity contribution in [3.8, 4) is 5.75 Å². The molecule has 110 valence electrons. The van der Waals surface area contributed by atoms with Crippen LogP contribution in [0.25, 0.3) is 10.8 Å². The van der Waals surface area contributed by atoms with Crippen LogP contribution in [0.2, 0.25) is 0 Å². The highest BCUT2D eigenvalue weighted by atomic mass is 19.1. The van der Waals surface area contributed by atoms with E-state index in [1.807, 2.05) is 0 Å². The van der Waals surface area contributed by atoms with E-state index in [4.69, 9.17) is 4.74 Å². The van der Waals surface area contributed by atoms with Gasteiger partial charge in [-0.1, -0.05) is 12.1 Å². The summed E-state index contributed by atoms with van der Waals surface area (Å²) in [6.07, 6.45) is -1.01. The summed E-state index contributed by atoms with van der Waals surface area (Å²) in [4.78, 5) is 22.9. The third-order valence-electron chi connectivity index (χ3n) is 2.79. The minimum atomic E-state index is -1.01. The van der Waals surface area contributed by atoms with Crippen LogP contribution < -0.4 is 4.74 Å². The molecule has 0 saturated carbocycles. The number of fused-ring (bicyclic) bond motifs is 1. The molecule has 0 atom stereocenters. The van der Waals surface area contributed by atoms with Crippen LogP contribution in [0.15, 0.2) is 30.3 Å². The van der Waals surface area contributed by atoms with Crippen LogP contribution in [0.1, 0.15) is 17.3 Å². The van der Waals surface area contributed by atoms with Crippen molar-refractivity contribution in [2.24, 2.45) is 0 Å². The first-order valence-electron chi connectivity index (χ1n) is 6.22. The first kappa shape index (κ1) is 14.8. The predicted molar refractivity (Wildman–Crippen MR) is 72.9 cm³/mol. The van der Waals surface area contributed by atoms with E-state index in [-0.39, 0.29) is 23.3 Å². The van der Waals surface area contributed by atoms with Crippen LogP contribution in [0.4, 0.5) is 9.18 Å². The van der Waals surface area contributed by atoms with E-state index in [0.29, 0.717) is 5.39 Å². The molecule has 0 unspecified atom stereocenters. The number of carbonyl (C=O) groups is 2. The van der Waals surface area contributed by atoms with Crippen LogP contribution in [0.5, 0.6) is 5.75 Å². The summed E-state index contributed by atoms with van der Waals surface area (Å²) in [5, 5.41) is 0.898. The molecule has 0 aliphatic carbocycles. The average Bonchev–Trinajstić information content (AvgIpc) is 2.49. The van der Waals surface area contributed by atoms with E-state index in [1.54, 1.807) is 19.1 Å². The fourth-order valence-corrected chi connectivity index (χ4v) is 1.84. The number of halogens is 1. The van der Waals surface area contributed by atoms with E-state index < -0.39 is 17.9 Å². The Morgan fingerprint density at radius 2 is 1.90 bits per heavy atom. The number of methoxy groups -OCH3 is 1. The molecular formula is C15H13FO5. The number of carbonyl (C=O) groups excluding carboxylic acids is 2. The number of hydrogen-bond acceptors (Lipinski definition) is 5. The lowest BCUT2D eigenvalue weighted by Crippen LogP contribution is -2.11. The summed E-state index contributed by atoms with van der Waals surface area (Å²) in [5.41, 5.74) is 0.226. The average molecular weight is 292 g/mol. The maximum atomic E-state index is 13.9. The Hall–Kier alpha value is -2.63. The van der Waals surface area contributed by atoms with Crippen LogP contribution in [-0.4, -0.2) is 25.8 Å². The Labute approximate surface area is 120 Å². The third-order valence-corrected chi connectivity index (χ3v) is 2.79. The van der Waals surface area contributed by atoms with Gasteiger partial charge in [0.2, 0.25) is 0 Å². The predicted octanol–water partition coefficient (Wildman–Crippen LogP) is 3.30. The fourth-order valence-electron chi connectivity index (χ4n) is 1.84. The van der Waals surface area contributed by atoms with Gasteiger partial charge in [0.15, 0.2) is 11.6 Å². The lowest BCUT2D eigenvalue weighted by molar-refractivity contribution is 0.0601. The third kappa shape index (κ3) is 3.10. The van der Waals surface area contributed by atoms with Crippen molar-refractivity contribution in [3.05, 3.63) is 41.7 Å². The van der Waals surface area contributed by atoms with Gasteiger partial charge in [-0.15, -0.1) is 0 Å². The van der Waals surface area contributed by atoms with Crippen molar-refractivity contribution >= 4 is 22.9 Å². The minimum absolute atomic E-state index is 0.110. The molecule has 0 aliphatic rings. The van der Waals surface area contributed by atoms with Gasteiger partial charge >= 0.3 is 12.1 Å². The Morgan fingerprint density at radius 3 is 2.57 bits per heavy atom. The lowest BCUT2D eigenvalue weighted by Gasteiger charge is -2.09. The first-order valence-corrected chi connectivity index (χ1v) is 6.22. The summed E-state index contributed by atoms with van der Waals surface area (Å²) in [5.74, 6) is -1.57. The first-order chi connectivity index (χ1) is 10.1. The lowest BCUT2D eigenvalue weighted by atomic mass is 10.1. The van der Waals surface area contributed by atoms with E-state index >= 15 is 0 Å². The quantitative estimate of drug-likeness (QED) is 0.641. The zero-order valence-electron chi connectivity index (χ0n) is 11.5. The molecule has 0 amide bonds. The maximum Gasteiger partial charge on any atom is 0.513 e. The SMILES string of the molecule is CCOC(=O)Oc1c(F)ccc2ccc(C(=O)OC)cc12. The highest BCUT2D eigenvalue weighted by molar-refractivity contribution is 5.98. The molecule has 21 heavy (non-hydrogen) atoms. The molecule has 0 N–H and O–H groups in total. The molecule has 2 aromatic carbocycles. The highest BCUT2D eigenvalue weighted by Gasteiger charge is 2.16. The molecule has 6 heteroatoms. The van der Waals surface area contributed by atoms with Gasteiger partial charge in [0.25, 0.3) is 0 Å². The standard InChI is InChI=1S/C15H13FO5/c1-3-20-15(18)21-13-11-8-10(14(17)19-2)5-4-9(11)6-7-12(13)16/h4-8H,3H2,1-2H3. The fraction of sp³-hybridized carbons (Fsp3) is 0.200. The van der Waals surface area contributed by atoms with E-state index in [2.05, 4.69) is 9.47 Å². The zero-order valence-corrected chi connectivity index (χ0v) is 11.5. The largest absolute Gasteiger partial charge is 0.513 e. The van der Waals surface area contributed by atoms with E-state index in [1.165, 1.54) is 25.3 Å². The number of esters is 1. The van der Waals surface area contributed by atoms with Crippen molar-refractivity contribution in [1.29, 1.82) is 0 Å². The second-order valence-electron chi connectivity index (χ2n) is 4.09. The molecular weight excluding hydrogens is 279 g/mol. The summed E-state index contributed by atoms with van der Waals surface area (Å²) in [6.45, 7) is 1.72. The van der Waals surface area contributed by atoms with Crippen molar-refractivity contribution in [2.45, 2.75) is 6.92 Å². The minimum Gasteiger partial charge on any atom is -0.465 e. The van der Waals surface area contributed by atoms with Crippen LogP contribution in [-0.2, 0) is 9.47 Å². The molecule has 0 saturated heterocycles. The van der Waals surface area contributed by atoms with E-state index in [0.717, 1.165) is 0 Å². The molecule has 0 heterocycles. The molecule has 0 spiro atoms. The molecule has 0 bridgehead atoms. The van der Waals surface area contributed by atoms with Crippen molar-refractivity contribution in [2.75, 3.05) is 13.7 Å². The zero-order chi connectivity index (χ0) is 15.4. The molecule has 2 aromatic rings. The normalized spacial score (nSPS) is 10.2. The highest BCUT2D eigenvalue weighted by Crippen LogP contribution is 2.30. The molecule has 0 aromatic heterocycles. The number of ether oxygens (including phenoxy) is 3. The van der Waals surface area contributed by atoms with Gasteiger partial charge in [0.1, 0.15) is 0 Å². The molecule has 5 nitrogen and oxygen atoms in total. The Balaban J connectivity index is 2.53. The van der Waals surface area contributed by atoms with Crippen LogP contribution in [0, 0.1) is 5.82 Å². The van der Waals surface area contributed by atoms with Crippen molar-refractivity contribution < 1.29 is 28.2 Å². The van der Waals surface area contributed by atoms with Gasteiger partial charge < -0.3 is 14.2 Å². The number of rotatable bonds is 3. The summed E-state index contributed by atoms with van der Waals surface area (Å²) in [6, 6.07) is 7.25. The van der Waals surface area contributed by atoms with Crippen LogP contribution >= 0.6 is 0 Å². The van der Waals surface area contributed by atoms with Crippen LogP contribution in [0.3, 0.4) is 0 Å². The maximum absolute atomic E-state index is 13.9. The van der Waals surface area contributed by atoms with Gasteiger partial charge in [-0.2, -0.15) is 0 Å². The molecule has 0 radical (unpaired) electrons. The van der Waals surface area contributed by atoms with Crippen molar-refractivity contribution in [3.63, 3.8) is 0 Å². The molecule has 2 rings (SSSR count). The Morgan fingerprint density at radius 1 is 1.19 bits per heavy atom. The van der Waals surface area contributed by atoms with Gasteiger partial charge in [0.05, 0.1) is 19.3 Å². The Bertz CT molecular complexity index is 696. The van der Waals surface area contributed by atoms with E-state index in [9.17, 15) is 14.0 Å². The monoisotopic (exact) mass is 292 g/mol. The smallest absolute Gasteiger partial charge is 0.465 e. The molecule has 0 aliphatic heterocycles.